The molecule has 0 atom stereocenters. The van der Waals surface area contributed by atoms with Crippen LogP contribution in [0.2, 0.25) is 0 Å². The van der Waals surface area contributed by atoms with Gasteiger partial charge in [0.15, 0.2) is 0 Å². The number of nitrogens with zero attached hydrogens (tertiary/aromatic N) is 3. The van der Waals surface area contributed by atoms with E-state index in [0.717, 1.165) is 0 Å². The summed E-state index contributed by atoms with van der Waals surface area (Å²) >= 11 is 0. The average molecular weight is 289 g/mol. The molecule has 0 radical (unpaired) electrons. The molecule has 0 aliphatic heterocycles. The summed E-state index contributed by atoms with van der Waals surface area (Å²) in [4.78, 5) is 24.1. The summed E-state index contributed by atoms with van der Waals surface area (Å²) < 4.78 is 1.54. The van der Waals surface area contributed by atoms with Crippen LogP contribution in [0.15, 0.2) is 36.5 Å². The van der Waals surface area contributed by atoms with Gasteiger partial charge in [-0.2, -0.15) is 0 Å². The Bertz CT molecular complexity index is 676. The van der Waals surface area contributed by atoms with E-state index in [0.29, 0.717) is 12.2 Å². The van der Waals surface area contributed by atoms with Crippen molar-refractivity contribution in [3.8, 4) is 5.75 Å². The van der Waals surface area contributed by atoms with E-state index in [1.165, 1.54) is 33.9 Å². The summed E-state index contributed by atoms with van der Waals surface area (Å²) in [6.07, 6.45) is 1.35. The quantitative estimate of drug-likeness (QED) is 0.691. The average Bonchev–Trinajstić information content (AvgIpc) is 2.91. The number of benzene rings is 1. The minimum Gasteiger partial charge on any atom is -0.508 e. The van der Waals surface area contributed by atoms with Gasteiger partial charge in [-0.05, 0) is 31.2 Å². The molecule has 0 saturated carbocycles. The van der Waals surface area contributed by atoms with E-state index >= 15 is 0 Å². The van der Waals surface area contributed by atoms with Gasteiger partial charge in [0.25, 0.3) is 11.6 Å². The number of carbonyl (C=O) groups is 1. The summed E-state index contributed by atoms with van der Waals surface area (Å²) in [5.74, 6) is -0.247. The first-order valence-corrected chi connectivity index (χ1v) is 6.35. The van der Waals surface area contributed by atoms with Gasteiger partial charge in [-0.25, -0.2) is 0 Å². The van der Waals surface area contributed by atoms with Crippen molar-refractivity contribution in [2.45, 2.75) is 13.5 Å². The Balaban J connectivity index is 2.34. The van der Waals surface area contributed by atoms with Crippen molar-refractivity contribution in [1.82, 2.24) is 4.57 Å². The predicted molar refractivity (Wildman–Crippen MR) is 77.6 cm³/mol. The monoisotopic (exact) mass is 289 g/mol. The Morgan fingerprint density at radius 2 is 2.00 bits per heavy atom. The topological polar surface area (TPSA) is 88.6 Å². The van der Waals surface area contributed by atoms with Gasteiger partial charge in [0, 0.05) is 25.3 Å². The largest absolute Gasteiger partial charge is 0.508 e. The molecule has 0 aliphatic rings. The molecule has 2 rings (SSSR count). The summed E-state index contributed by atoms with van der Waals surface area (Å²) in [7, 11) is 1.58. The molecule has 1 aromatic carbocycles. The van der Waals surface area contributed by atoms with Crippen LogP contribution in [-0.4, -0.2) is 27.6 Å². The summed E-state index contributed by atoms with van der Waals surface area (Å²) in [6, 6.07) is 7.41. The number of aryl methyl sites for hydroxylation is 1. The SMILES string of the molecule is CCn1cc([N+](=O)[O-])cc1C(=O)N(C)c1ccc(O)cc1. The maximum atomic E-state index is 12.5. The van der Waals surface area contributed by atoms with E-state index in [2.05, 4.69) is 0 Å². The number of phenols is 1. The van der Waals surface area contributed by atoms with E-state index < -0.39 is 4.92 Å². The third-order valence-electron chi connectivity index (χ3n) is 3.19. The van der Waals surface area contributed by atoms with Crippen LogP contribution < -0.4 is 4.90 Å². The first-order valence-electron chi connectivity index (χ1n) is 6.35. The lowest BCUT2D eigenvalue weighted by atomic mass is 10.2. The molecule has 0 fully saturated rings. The molecular formula is C14H15N3O4. The Morgan fingerprint density at radius 3 is 2.52 bits per heavy atom. The lowest BCUT2D eigenvalue weighted by molar-refractivity contribution is -0.384. The van der Waals surface area contributed by atoms with Gasteiger partial charge in [-0.15, -0.1) is 0 Å². The first-order chi connectivity index (χ1) is 9.93. The van der Waals surface area contributed by atoms with Crippen molar-refractivity contribution in [1.29, 1.82) is 0 Å². The molecule has 1 N–H and O–H groups in total. The Kier molecular flexibility index (Phi) is 3.93. The second-order valence-electron chi connectivity index (χ2n) is 4.51. The summed E-state index contributed by atoms with van der Waals surface area (Å²) in [5, 5.41) is 20.1. The number of anilines is 1. The molecule has 7 nitrogen and oxygen atoms in total. The molecular weight excluding hydrogens is 274 g/mol. The van der Waals surface area contributed by atoms with Crippen LogP contribution in [-0.2, 0) is 6.54 Å². The van der Waals surface area contributed by atoms with Crippen molar-refractivity contribution in [3.05, 3.63) is 52.3 Å². The van der Waals surface area contributed by atoms with Crippen LogP contribution in [0.5, 0.6) is 5.75 Å². The van der Waals surface area contributed by atoms with Crippen LogP contribution in [0, 0.1) is 10.1 Å². The highest BCUT2D eigenvalue weighted by Crippen LogP contribution is 2.22. The number of phenolic OH excluding ortho intramolecular Hbond substituents is 1. The van der Waals surface area contributed by atoms with Crippen LogP contribution in [0.1, 0.15) is 17.4 Å². The highest BCUT2D eigenvalue weighted by Gasteiger charge is 2.22. The van der Waals surface area contributed by atoms with Crippen molar-refractivity contribution in [2.75, 3.05) is 11.9 Å². The van der Waals surface area contributed by atoms with Gasteiger partial charge in [0.05, 0.1) is 11.1 Å². The Labute approximate surface area is 121 Å². The van der Waals surface area contributed by atoms with Crippen molar-refractivity contribution >= 4 is 17.3 Å². The van der Waals surface area contributed by atoms with Crippen molar-refractivity contribution < 1.29 is 14.8 Å². The van der Waals surface area contributed by atoms with E-state index in [9.17, 15) is 20.0 Å². The number of amides is 1. The highest BCUT2D eigenvalue weighted by molar-refractivity contribution is 6.05. The number of hydrogen-bond acceptors (Lipinski definition) is 4. The number of carbonyl (C=O) groups excluding carboxylic acids is 1. The maximum absolute atomic E-state index is 12.5. The molecule has 1 heterocycles. The van der Waals surface area contributed by atoms with Gasteiger partial charge in [-0.1, -0.05) is 0 Å². The smallest absolute Gasteiger partial charge is 0.287 e. The zero-order chi connectivity index (χ0) is 15.6. The lowest BCUT2D eigenvalue weighted by Crippen LogP contribution is -2.28. The minimum absolute atomic E-state index is 0.104. The first kappa shape index (κ1) is 14.6. The molecule has 0 unspecified atom stereocenters. The Morgan fingerprint density at radius 1 is 1.38 bits per heavy atom. The summed E-state index contributed by atoms with van der Waals surface area (Å²) in [6.45, 7) is 2.26. The summed E-state index contributed by atoms with van der Waals surface area (Å²) in [5.41, 5.74) is 0.725. The lowest BCUT2D eigenvalue weighted by Gasteiger charge is -2.18. The van der Waals surface area contributed by atoms with Crippen LogP contribution in [0.4, 0.5) is 11.4 Å². The van der Waals surface area contributed by atoms with Gasteiger partial charge in [0.2, 0.25) is 0 Å². The van der Waals surface area contributed by atoms with Crippen LogP contribution >= 0.6 is 0 Å². The number of rotatable bonds is 4. The fraction of sp³-hybridized carbons (Fsp3) is 0.214. The van der Waals surface area contributed by atoms with E-state index in [1.54, 1.807) is 26.1 Å². The second kappa shape index (κ2) is 5.66. The van der Waals surface area contributed by atoms with E-state index in [-0.39, 0.29) is 23.0 Å². The fourth-order valence-corrected chi connectivity index (χ4v) is 2.00. The molecule has 21 heavy (non-hydrogen) atoms. The molecule has 0 saturated heterocycles. The number of nitro groups is 1. The van der Waals surface area contributed by atoms with Gasteiger partial charge < -0.3 is 14.6 Å². The minimum atomic E-state index is -0.524. The molecule has 2 aromatic rings. The predicted octanol–water partition coefficient (Wildman–Crippen LogP) is 2.40. The fourth-order valence-electron chi connectivity index (χ4n) is 2.00. The van der Waals surface area contributed by atoms with Gasteiger partial charge in [0.1, 0.15) is 11.4 Å². The number of hydrogen-bond donors (Lipinski definition) is 1. The zero-order valence-corrected chi connectivity index (χ0v) is 11.7. The van der Waals surface area contributed by atoms with Gasteiger partial charge >= 0.3 is 0 Å². The van der Waals surface area contributed by atoms with E-state index in [1.807, 2.05) is 0 Å². The number of aromatic nitrogens is 1. The molecule has 110 valence electrons. The third kappa shape index (κ3) is 2.86. The molecule has 0 aliphatic carbocycles. The molecule has 0 spiro atoms. The van der Waals surface area contributed by atoms with E-state index in [4.69, 9.17) is 0 Å². The van der Waals surface area contributed by atoms with Crippen LogP contribution in [0.25, 0.3) is 0 Å². The number of aromatic hydroxyl groups is 1. The maximum Gasteiger partial charge on any atom is 0.287 e. The molecule has 1 amide bonds. The normalized spacial score (nSPS) is 10.4. The Hall–Kier alpha value is -2.83. The standard InChI is InChI=1S/C14H15N3O4/c1-3-16-9-11(17(20)21)8-13(16)14(19)15(2)10-4-6-12(18)7-5-10/h4-9,18H,3H2,1-2H3. The highest BCUT2D eigenvalue weighted by atomic mass is 16.6. The molecule has 1 aromatic heterocycles. The zero-order valence-electron chi connectivity index (χ0n) is 11.7. The van der Waals surface area contributed by atoms with Crippen molar-refractivity contribution in [2.24, 2.45) is 0 Å². The van der Waals surface area contributed by atoms with Crippen molar-refractivity contribution in [3.63, 3.8) is 0 Å². The second-order valence-corrected chi connectivity index (χ2v) is 4.51. The molecule has 0 bridgehead atoms. The van der Waals surface area contributed by atoms with Gasteiger partial charge in [-0.3, -0.25) is 14.9 Å². The molecule has 7 heteroatoms. The van der Waals surface area contributed by atoms with Crippen LogP contribution in [0.3, 0.4) is 0 Å². The third-order valence-corrected chi connectivity index (χ3v) is 3.19.